The molecule has 0 aliphatic rings. The molecule has 7 heteroatoms. The summed E-state index contributed by atoms with van der Waals surface area (Å²) in [6.45, 7) is 0. The predicted octanol–water partition coefficient (Wildman–Crippen LogP) is 5.24. The van der Waals surface area contributed by atoms with Gasteiger partial charge in [-0.2, -0.15) is 5.10 Å². The van der Waals surface area contributed by atoms with Crippen molar-refractivity contribution in [2.75, 3.05) is 7.11 Å². The predicted molar refractivity (Wildman–Crippen MR) is 124 cm³/mol. The van der Waals surface area contributed by atoms with Crippen LogP contribution < -0.4 is 4.74 Å². The van der Waals surface area contributed by atoms with E-state index in [0.717, 1.165) is 55.7 Å². The maximum absolute atomic E-state index is 5.31. The molecule has 0 aliphatic carbocycles. The zero-order valence-corrected chi connectivity index (χ0v) is 17.2. The minimum Gasteiger partial charge on any atom is -0.495 e. The summed E-state index contributed by atoms with van der Waals surface area (Å²) >= 11 is 0. The number of rotatable bonds is 4. The Balaban J connectivity index is 1.50. The third kappa shape index (κ3) is 2.99. The number of pyridine rings is 3. The van der Waals surface area contributed by atoms with E-state index in [9.17, 15) is 0 Å². The zero-order valence-electron chi connectivity index (χ0n) is 17.2. The lowest BCUT2D eigenvalue weighted by molar-refractivity contribution is 0.413. The largest absolute Gasteiger partial charge is 0.495 e. The van der Waals surface area contributed by atoms with Crippen molar-refractivity contribution in [2.45, 2.75) is 0 Å². The fourth-order valence-corrected chi connectivity index (χ4v) is 3.98. The van der Waals surface area contributed by atoms with Gasteiger partial charge in [0.2, 0.25) is 0 Å². The molecular weight excluding hydrogens is 400 g/mol. The van der Waals surface area contributed by atoms with Gasteiger partial charge in [0.1, 0.15) is 17.0 Å². The van der Waals surface area contributed by atoms with Crippen LogP contribution in [0.25, 0.3) is 55.7 Å². The van der Waals surface area contributed by atoms with Gasteiger partial charge in [0.25, 0.3) is 0 Å². The second-order valence-corrected chi connectivity index (χ2v) is 7.46. The van der Waals surface area contributed by atoms with Crippen molar-refractivity contribution in [1.29, 1.82) is 0 Å². The summed E-state index contributed by atoms with van der Waals surface area (Å²) in [6, 6.07) is 18.2. The number of hydrogen-bond acceptors (Lipinski definition) is 5. The molecule has 6 aromatic rings. The molecule has 5 aromatic heterocycles. The van der Waals surface area contributed by atoms with E-state index in [-0.39, 0.29) is 0 Å². The van der Waals surface area contributed by atoms with E-state index < -0.39 is 0 Å². The molecule has 0 atom stereocenters. The fourth-order valence-electron chi connectivity index (χ4n) is 3.98. The number of H-pyrrole nitrogens is 2. The van der Waals surface area contributed by atoms with E-state index >= 15 is 0 Å². The highest BCUT2D eigenvalue weighted by molar-refractivity contribution is 6.00. The van der Waals surface area contributed by atoms with Crippen LogP contribution in [0.3, 0.4) is 0 Å². The lowest BCUT2D eigenvalue weighted by atomic mass is 10.0. The molecule has 0 spiro atoms. The van der Waals surface area contributed by atoms with Crippen molar-refractivity contribution in [1.82, 2.24) is 30.1 Å². The maximum atomic E-state index is 5.31. The van der Waals surface area contributed by atoms with Crippen LogP contribution in [0.4, 0.5) is 0 Å². The van der Waals surface area contributed by atoms with Gasteiger partial charge in [-0.15, -0.1) is 0 Å². The van der Waals surface area contributed by atoms with Gasteiger partial charge in [-0.1, -0.05) is 12.1 Å². The highest BCUT2D eigenvalue weighted by atomic mass is 16.5. The van der Waals surface area contributed by atoms with Crippen LogP contribution in [0.2, 0.25) is 0 Å². The third-order valence-electron chi connectivity index (χ3n) is 5.56. The fraction of sp³-hybridized carbons (Fsp3) is 0.0400. The van der Waals surface area contributed by atoms with Crippen LogP contribution in [0.1, 0.15) is 0 Å². The molecule has 0 unspecified atom stereocenters. The molecule has 0 bridgehead atoms. The molecule has 6 rings (SSSR count). The average molecular weight is 418 g/mol. The van der Waals surface area contributed by atoms with E-state index in [1.54, 1.807) is 19.5 Å². The minimum absolute atomic E-state index is 0.691. The third-order valence-corrected chi connectivity index (χ3v) is 5.56. The summed E-state index contributed by atoms with van der Waals surface area (Å²) in [7, 11) is 1.63. The van der Waals surface area contributed by atoms with E-state index in [0.29, 0.717) is 5.75 Å². The number of aromatic nitrogens is 6. The van der Waals surface area contributed by atoms with Crippen LogP contribution in [-0.4, -0.2) is 37.2 Å². The summed E-state index contributed by atoms with van der Waals surface area (Å²) in [4.78, 5) is 16.8. The summed E-state index contributed by atoms with van der Waals surface area (Å²) in [5.41, 5.74) is 8.33. The van der Waals surface area contributed by atoms with Gasteiger partial charge in [-0.25, -0.2) is 4.98 Å². The monoisotopic (exact) mass is 418 g/mol. The Kier molecular flexibility index (Phi) is 4.18. The topological polar surface area (TPSA) is 92.4 Å². The van der Waals surface area contributed by atoms with Crippen molar-refractivity contribution >= 4 is 21.9 Å². The summed E-state index contributed by atoms with van der Waals surface area (Å²) in [5.74, 6) is 0.691. The molecule has 0 saturated carbocycles. The van der Waals surface area contributed by atoms with Crippen molar-refractivity contribution < 1.29 is 4.74 Å². The molecule has 32 heavy (non-hydrogen) atoms. The Morgan fingerprint density at radius 3 is 2.62 bits per heavy atom. The van der Waals surface area contributed by atoms with Gasteiger partial charge < -0.3 is 9.72 Å². The molecule has 0 saturated heterocycles. The molecule has 5 heterocycles. The summed E-state index contributed by atoms with van der Waals surface area (Å²) < 4.78 is 5.31. The van der Waals surface area contributed by atoms with Gasteiger partial charge in [0.05, 0.1) is 30.2 Å². The second kappa shape index (κ2) is 7.31. The van der Waals surface area contributed by atoms with Crippen molar-refractivity contribution in [3.05, 3.63) is 79.4 Å². The first-order valence-electron chi connectivity index (χ1n) is 10.2. The second-order valence-electron chi connectivity index (χ2n) is 7.46. The summed E-state index contributed by atoms with van der Waals surface area (Å²) in [5, 5.41) is 8.78. The molecule has 0 aliphatic heterocycles. The summed E-state index contributed by atoms with van der Waals surface area (Å²) in [6.07, 6.45) is 7.07. The number of nitrogens with one attached hydrogen (secondary N) is 2. The number of fused-ring (bicyclic) bond motifs is 2. The molecule has 1 aromatic carbocycles. The van der Waals surface area contributed by atoms with Crippen LogP contribution in [0.5, 0.6) is 5.75 Å². The van der Waals surface area contributed by atoms with E-state index in [4.69, 9.17) is 9.72 Å². The zero-order chi connectivity index (χ0) is 21.5. The minimum atomic E-state index is 0.691. The highest BCUT2D eigenvalue weighted by Gasteiger charge is 2.15. The standard InChI is InChI=1S/C25H18N6O/c1-32-17-11-16(13-27-14-17)20-5-6-22-24(29-20)25(31-30-22)23-12-19-18(3-2-4-21(19)28-23)15-7-9-26-10-8-15/h2-14,28H,1H3,(H,30,31). The molecule has 0 radical (unpaired) electrons. The molecule has 0 amide bonds. The quantitative estimate of drug-likeness (QED) is 0.408. The molecule has 0 fully saturated rings. The van der Waals surface area contributed by atoms with E-state index in [1.807, 2.05) is 48.8 Å². The maximum Gasteiger partial charge on any atom is 0.137 e. The van der Waals surface area contributed by atoms with Crippen LogP contribution in [0, 0.1) is 0 Å². The SMILES string of the molecule is COc1cncc(-c2ccc3[nH]nc(-c4cc5c(-c6ccncc6)cccc5[nH]4)c3n2)c1. The number of aromatic amines is 2. The van der Waals surface area contributed by atoms with Crippen molar-refractivity contribution in [3.63, 3.8) is 0 Å². The Hall–Kier alpha value is -4.52. The van der Waals surface area contributed by atoms with Gasteiger partial charge >= 0.3 is 0 Å². The van der Waals surface area contributed by atoms with Crippen LogP contribution in [0.15, 0.2) is 79.4 Å². The van der Waals surface area contributed by atoms with Gasteiger partial charge in [-0.05, 0) is 53.6 Å². The normalized spacial score (nSPS) is 11.3. The Bertz CT molecular complexity index is 1570. The average Bonchev–Trinajstić information content (AvgIpc) is 3.48. The Morgan fingerprint density at radius 1 is 0.844 bits per heavy atom. The molecule has 154 valence electrons. The lowest BCUT2D eigenvalue weighted by Gasteiger charge is -2.04. The first-order chi connectivity index (χ1) is 15.8. The lowest BCUT2D eigenvalue weighted by Crippen LogP contribution is -1.89. The highest BCUT2D eigenvalue weighted by Crippen LogP contribution is 2.34. The Labute approximate surface area is 183 Å². The smallest absolute Gasteiger partial charge is 0.137 e. The molecular formula is C25H18N6O. The number of nitrogens with zero attached hydrogens (tertiary/aromatic N) is 4. The van der Waals surface area contributed by atoms with Gasteiger partial charge in [0, 0.05) is 35.1 Å². The Morgan fingerprint density at radius 2 is 1.75 bits per heavy atom. The van der Waals surface area contributed by atoms with Crippen LogP contribution >= 0.6 is 0 Å². The number of ether oxygens (including phenoxy) is 1. The first-order valence-corrected chi connectivity index (χ1v) is 10.2. The van der Waals surface area contributed by atoms with Gasteiger partial charge in [0.15, 0.2) is 0 Å². The van der Waals surface area contributed by atoms with Crippen molar-refractivity contribution in [3.8, 4) is 39.5 Å². The number of hydrogen-bond donors (Lipinski definition) is 2. The molecule has 7 nitrogen and oxygen atoms in total. The van der Waals surface area contributed by atoms with Crippen molar-refractivity contribution in [2.24, 2.45) is 0 Å². The first kappa shape index (κ1) is 18.3. The number of methoxy groups -OCH3 is 1. The number of benzene rings is 1. The van der Waals surface area contributed by atoms with E-state index in [1.165, 1.54) is 0 Å². The van der Waals surface area contributed by atoms with Crippen LogP contribution in [-0.2, 0) is 0 Å². The van der Waals surface area contributed by atoms with E-state index in [2.05, 4.69) is 43.3 Å². The molecule has 2 N–H and O–H groups in total. The van der Waals surface area contributed by atoms with Gasteiger partial charge in [-0.3, -0.25) is 15.1 Å².